The van der Waals surface area contributed by atoms with E-state index in [4.69, 9.17) is 0 Å². The molecule has 0 amide bonds. The van der Waals surface area contributed by atoms with Crippen LogP contribution < -0.4 is 5.46 Å². The zero-order valence-electron chi connectivity index (χ0n) is 11.2. The summed E-state index contributed by atoms with van der Waals surface area (Å²) < 4.78 is 0. The van der Waals surface area contributed by atoms with E-state index >= 15 is 0 Å². The molecule has 1 heterocycles. The normalized spacial score (nSPS) is 12.7. The molecular formula is C14H18BNO2S. The minimum absolute atomic E-state index is 0.309. The van der Waals surface area contributed by atoms with E-state index in [2.05, 4.69) is 29.3 Å². The lowest BCUT2D eigenvalue weighted by atomic mass is 9.77. The number of thiophene rings is 1. The van der Waals surface area contributed by atoms with Gasteiger partial charge in [0, 0.05) is 17.5 Å². The van der Waals surface area contributed by atoms with Crippen LogP contribution in [-0.4, -0.2) is 29.1 Å². The maximum atomic E-state index is 9.38. The Morgan fingerprint density at radius 3 is 2.58 bits per heavy atom. The zero-order valence-corrected chi connectivity index (χ0v) is 12.0. The van der Waals surface area contributed by atoms with Crippen LogP contribution in [0.4, 0.5) is 0 Å². The summed E-state index contributed by atoms with van der Waals surface area (Å²) in [5.41, 5.74) is 1.52. The van der Waals surface area contributed by atoms with Crippen LogP contribution in [0, 0.1) is 0 Å². The molecule has 2 aromatic rings. The van der Waals surface area contributed by atoms with E-state index in [1.54, 1.807) is 17.4 Å². The van der Waals surface area contributed by atoms with Crippen molar-refractivity contribution < 1.29 is 10.0 Å². The summed E-state index contributed by atoms with van der Waals surface area (Å²) in [4.78, 5) is 3.51. The first-order valence-corrected chi connectivity index (χ1v) is 7.15. The highest BCUT2D eigenvalue weighted by Crippen LogP contribution is 2.24. The number of nitrogens with zero attached hydrogens (tertiary/aromatic N) is 1. The van der Waals surface area contributed by atoms with Crippen molar-refractivity contribution in [2.75, 3.05) is 7.05 Å². The van der Waals surface area contributed by atoms with Crippen molar-refractivity contribution in [3.63, 3.8) is 0 Å². The van der Waals surface area contributed by atoms with Gasteiger partial charge < -0.3 is 10.0 Å². The van der Waals surface area contributed by atoms with E-state index in [0.717, 1.165) is 5.56 Å². The third kappa shape index (κ3) is 3.45. The first-order valence-electron chi connectivity index (χ1n) is 6.27. The summed E-state index contributed by atoms with van der Waals surface area (Å²) in [7, 11) is 0.631. The summed E-state index contributed by atoms with van der Waals surface area (Å²) in [6.45, 7) is 2.84. The van der Waals surface area contributed by atoms with Crippen molar-refractivity contribution in [3.8, 4) is 0 Å². The third-order valence-electron chi connectivity index (χ3n) is 3.37. The van der Waals surface area contributed by atoms with E-state index < -0.39 is 7.12 Å². The van der Waals surface area contributed by atoms with Crippen LogP contribution in [0.5, 0.6) is 0 Å². The standard InChI is InChI=1S/C14H18BNO2S/c1-11(14-8-5-9-19-14)16(2)10-12-6-3-4-7-13(12)15(17)18/h3-9,11,17-18H,10H2,1-2H3. The summed E-state index contributed by atoms with van der Waals surface area (Å²) >= 11 is 1.74. The summed E-state index contributed by atoms with van der Waals surface area (Å²) in [5, 5.41) is 20.8. The molecule has 5 heteroatoms. The Hall–Kier alpha value is -1.14. The lowest BCUT2D eigenvalue weighted by Gasteiger charge is -2.25. The summed E-state index contributed by atoms with van der Waals surface area (Å²) in [6, 6.07) is 11.9. The van der Waals surface area contributed by atoms with Gasteiger partial charge >= 0.3 is 7.12 Å². The van der Waals surface area contributed by atoms with E-state index in [9.17, 15) is 10.0 Å². The SMILES string of the molecule is CC(c1cccs1)N(C)Cc1ccccc1B(O)O. The lowest BCUT2D eigenvalue weighted by molar-refractivity contribution is 0.257. The predicted octanol–water partition coefficient (Wildman–Crippen LogP) is 1.62. The first kappa shape index (κ1) is 14.3. The molecule has 1 unspecified atom stereocenters. The molecule has 0 aliphatic carbocycles. The summed E-state index contributed by atoms with van der Waals surface area (Å²) in [6.07, 6.45) is 0. The molecule has 0 saturated heterocycles. The molecule has 2 N–H and O–H groups in total. The molecule has 0 aliphatic heterocycles. The molecule has 0 fully saturated rings. The molecule has 0 spiro atoms. The van der Waals surface area contributed by atoms with Crippen LogP contribution in [0.3, 0.4) is 0 Å². The number of hydrogen-bond donors (Lipinski definition) is 2. The van der Waals surface area contributed by atoms with Crippen LogP contribution in [0.2, 0.25) is 0 Å². The van der Waals surface area contributed by atoms with Crippen LogP contribution in [0.1, 0.15) is 23.4 Å². The Kier molecular flexibility index (Phi) is 4.77. The highest BCUT2D eigenvalue weighted by Gasteiger charge is 2.18. The molecule has 3 nitrogen and oxygen atoms in total. The second-order valence-electron chi connectivity index (χ2n) is 4.68. The molecule has 19 heavy (non-hydrogen) atoms. The second-order valence-corrected chi connectivity index (χ2v) is 5.66. The van der Waals surface area contributed by atoms with Gasteiger partial charge in [-0.05, 0) is 36.4 Å². The molecule has 2 rings (SSSR count). The van der Waals surface area contributed by atoms with Gasteiger partial charge in [-0.2, -0.15) is 0 Å². The van der Waals surface area contributed by atoms with E-state index in [1.165, 1.54) is 4.88 Å². The highest BCUT2D eigenvalue weighted by atomic mass is 32.1. The maximum Gasteiger partial charge on any atom is 0.488 e. The molecular weight excluding hydrogens is 257 g/mol. The van der Waals surface area contributed by atoms with Crippen molar-refractivity contribution in [3.05, 3.63) is 52.2 Å². The van der Waals surface area contributed by atoms with Gasteiger partial charge in [0.1, 0.15) is 0 Å². The van der Waals surface area contributed by atoms with Crippen molar-refractivity contribution in [1.82, 2.24) is 4.90 Å². The lowest BCUT2D eigenvalue weighted by Crippen LogP contribution is -2.35. The Labute approximate surface area is 118 Å². The Balaban J connectivity index is 2.13. The van der Waals surface area contributed by atoms with E-state index in [0.29, 0.717) is 18.0 Å². The zero-order chi connectivity index (χ0) is 13.8. The van der Waals surface area contributed by atoms with Crippen LogP contribution in [0.15, 0.2) is 41.8 Å². The van der Waals surface area contributed by atoms with Gasteiger partial charge in [-0.25, -0.2) is 0 Å². The van der Waals surface area contributed by atoms with Crippen LogP contribution in [0.25, 0.3) is 0 Å². The molecule has 0 bridgehead atoms. The number of rotatable bonds is 5. The smallest absolute Gasteiger partial charge is 0.423 e. The molecule has 100 valence electrons. The fourth-order valence-corrected chi connectivity index (χ4v) is 2.93. The molecule has 1 atom stereocenters. The van der Waals surface area contributed by atoms with Crippen molar-refractivity contribution in [1.29, 1.82) is 0 Å². The van der Waals surface area contributed by atoms with Gasteiger partial charge in [0.2, 0.25) is 0 Å². The van der Waals surface area contributed by atoms with E-state index in [-0.39, 0.29) is 0 Å². The van der Waals surface area contributed by atoms with Gasteiger partial charge in [0.25, 0.3) is 0 Å². The van der Waals surface area contributed by atoms with Gasteiger partial charge in [-0.1, -0.05) is 30.3 Å². The number of hydrogen-bond acceptors (Lipinski definition) is 4. The monoisotopic (exact) mass is 275 g/mol. The predicted molar refractivity (Wildman–Crippen MR) is 80.5 cm³/mol. The third-order valence-corrected chi connectivity index (χ3v) is 4.41. The van der Waals surface area contributed by atoms with Gasteiger partial charge in [-0.3, -0.25) is 4.90 Å². The van der Waals surface area contributed by atoms with Crippen molar-refractivity contribution in [2.45, 2.75) is 19.5 Å². The second kappa shape index (κ2) is 6.35. The average molecular weight is 275 g/mol. The van der Waals surface area contributed by atoms with Crippen molar-refractivity contribution in [2.24, 2.45) is 0 Å². The van der Waals surface area contributed by atoms with Crippen LogP contribution in [-0.2, 0) is 6.54 Å². The Morgan fingerprint density at radius 1 is 1.21 bits per heavy atom. The summed E-state index contributed by atoms with van der Waals surface area (Å²) in [5.74, 6) is 0. The Morgan fingerprint density at radius 2 is 1.95 bits per heavy atom. The van der Waals surface area contributed by atoms with Gasteiger partial charge in [0.05, 0.1) is 0 Å². The first-order chi connectivity index (χ1) is 9.09. The molecule has 1 aromatic carbocycles. The largest absolute Gasteiger partial charge is 0.488 e. The Bertz CT molecular complexity index is 516. The molecule has 0 saturated carbocycles. The fourth-order valence-electron chi connectivity index (χ4n) is 2.08. The highest BCUT2D eigenvalue weighted by molar-refractivity contribution is 7.10. The maximum absolute atomic E-state index is 9.38. The quantitative estimate of drug-likeness (QED) is 0.815. The minimum atomic E-state index is -1.42. The number of benzene rings is 1. The van der Waals surface area contributed by atoms with Gasteiger partial charge in [-0.15, -0.1) is 11.3 Å². The molecule has 1 aromatic heterocycles. The van der Waals surface area contributed by atoms with Crippen molar-refractivity contribution >= 4 is 23.9 Å². The van der Waals surface area contributed by atoms with Crippen LogP contribution >= 0.6 is 11.3 Å². The molecule has 0 aliphatic rings. The van der Waals surface area contributed by atoms with E-state index in [1.807, 2.05) is 25.2 Å². The topological polar surface area (TPSA) is 43.7 Å². The minimum Gasteiger partial charge on any atom is -0.423 e. The average Bonchev–Trinajstić information content (AvgIpc) is 2.92. The fraction of sp³-hybridized carbons (Fsp3) is 0.286. The van der Waals surface area contributed by atoms with Gasteiger partial charge in [0.15, 0.2) is 0 Å². The molecule has 0 radical (unpaired) electrons.